The second kappa shape index (κ2) is 44.7. The number of hydrogen-bond donors (Lipinski definition) is 0. The van der Waals surface area contributed by atoms with E-state index < -0.39 is 35.2 Å². The van der Waals surface area contributed by atoms with E-state index in [1.165, 1.54) is 0 Å². The summed E-state index contributed by atoms with van der Waals surface area (Å²) in [6, 6.07) is 3.53. The van der Waals surface area contributed by atoms with E-state index in [2.05, 4.69) is 0 Å². The minimum Gasteiger partial charge on any atom is -0.374 e. The van der Waals surface area contributed by atoms with Crippen molar-refractivity contribution in [3.8, 4) is 0 Å². The fraction of sp³-hybridized carbons (Fsp3) is 1.00. The first-order valence-electron chi connectivity index (χ1n) is 21.8. The van der Waals surface area contributed by atoms with Crippen LogP contribution in [-0.2, 0) is 53.1 Å². The Balaban J connectivity index is 0. The third-order valence-corrected chi connectivity index (χ3v) is 31.1. The third kappa shape index (κ3) is 33.0. The van der Waals surface area contributed by atoms with E-state index in [1.54, 1.807) is 0 Å². The van der Waals surface area contributed by atoms with Gasteiger partial charge in [-0.15, -0.1) is 0 Å². The van der Waals surface area contributed by atoms with E-state index in [1.807, 2.05) is 156 Å². The van der Waals surface area contributed by atoms with Crippen molar-refractivity contribution < 1.29 is 53.1 Å². The van der Waals surface area contributed by atoms with E-state index in [-0.39, 0.29) is 0 Å². The van der Waals surface area contributed by atoms with Crippen LogP contribution >= 0.6 is 72.7 Å². The Labute approximate surface area is 393 Å². The van der Waals surface area contributed by atoms with Gasteiger partial charge in [0.05, 0.1) is 0 Å². The molecule has 0 aromatic rings. The highest BCUT2D eigenvalue weighted by Crippen LogP contribution is 2.44. The predicted octanol–water partition coefficient (Wildman–Crippen LogP) is 12.4. The van der Waals surface area contributed by atoms with Crippen LogP contribution in [0.3, 0.4) is 0 Å². The van der Waals surface area contributed by atoms with Gasteiger partial charge in [0.2, 0.25) is 0 Å². The molecular weight excluding hydrogens is 961 g/mol. The van der Waals surface area contributed by atoms with Gasteiger partial charge in [0, 0.05) is 126 Å². The molecule has 0 aliphatic carbocycles. The lowest BCUT2D eigenvalue weighted by molar-refractivity contribution is 0.0704. The van der Waals surface area contributed by atoms with Crippen LogP contribution in [-0.4, -0.2) is 138 Å². The Hall–Kier alpha value is 2.84. The van der Waals surface area contributed by atoms with Crippen molar-refractivity contribution in [2.24, 2.45) is 0 Å². The van der Waals surface area contributed by atoms with Gasteiger partial charge in [0.25, 0.3) is 0 Å². The van der Waals surface area contributed by atoms with Crippen molar-refractivity contribution in [1.29, 1.82) is 0 Å². The highest BCUT2D eigenvalue weighted by Gasteiger charge is 2.42. The minimum atomic E-state index is -2.49. The lowest BCUT2D eigenvalue weighted by Gasteiger charge is -2.28. The van der Waals surface area contributed by atoms with Gasteiger partial charge in [-0.05, 0) is 138 Å². The van der Waals surface area contributed by atoms with Gasteiger partial charge in [-0.1, -0.05) is 43.2 Å². The maximum Gasteiger partial charge on any atom is 0.500 e. The summed E-state index contributed by atoms with van der Waals surface area (Å²) >= 11 is 0. The predicted molar refractivity (Wildman–Crippen MR) is 273 cm³/mol. The molecule has 0 saturated carbocycles. The zero-order valence-electron chi connectivity index (χ0n) is 38.7. The van der Waals surface area contributed by atoms with Crippen LogP contribution in [0.1, 0.15) is 109 Å². The van der Waals surface area contributed by atoms with Crippen LogP contribution in [0.4, 0.5) is 0 Å². The highest BCUT2D eigenvalue weighted by molar-refractivity contribution is 9.26. The average Bonchev–Trinajstić information content (AvgIpc) is 3.19. The second-order valence-corrected chi connectivity index (χ2v) is 33.5. The Morgan fingerprint density at radius 3 is 0.542 bits per heavy atom. The molecule has 0 unspecified atom stereocenters. The minimum absolute atomic E-state index is 0.639. The Morgan fingerprint density at radius 2 is 0.390 bits per heavy atom. The van der Waals surface area contributed by atoms with Gasteiger partial charge in [0.1, 0.15) is 0 Å². The second-order valence-electron chi connectivity index (χ2n) is 11.8. The summed E-state index contributed by atoms with van der Waals surface area (Å²) in [7, 11) is 3.13. The fourth-order valence-corrected chi connectivity index (χ4v) is 27.1. The average molecular weight is 1050 g/mol. The summed E-state index contributed by atoms with van der Waals surface area (Å²) in [5.74, 6) is 4.26. The molecule has 0 aliphatic rings. The van der Waals surface area contributed by atoms with Crippen LogP contribution in [0.25, 0.3) is 0 Å². The zero-order chi connectivity index (χ0) is 44.4. The van der Waals surface area contributed by atoms with Crippen molar-refractivity contribution in [2.75, 3.05) is 102 Å². The van der Waals surface area contributed by atoms with E-state index in [9.17, 15) is 0 Å². The highest BCUT2D eigenvalue weighted by atomic mass is 33.7. The Morgan fingerprint density at radius 1 is 0.237 bits per heavy atom. The molecule has 0 aliphatic heterocycles. The van der Waals surface area contributed by atoms with E-state index in [0.717, 1.165) is 72.9 Å². The molecule has 0 aromatic heterocycles. The van der Waals surface area contributed by atoms with Gasteiger partial charge in [-0.25, -0.2) is 0 Å². The molecule has 0 radical (unpaired) electrons. The zero-order valence-corrected chi connectivity index (χ0v) is 48.4. The molecule has 0 amide bonds. The normalized spacial score (nSPS) is 12.6. The topological polar surface area (TPSA) is 111 Å². The number of rotatable bonds is 45. The van der Waals surface area contributed by atoms with Gasteiger partial charge >= 0.3 is 35.2 Å². The third-order valence-electron chi connectivity index (χ3n) is 7.43. The van der Waals surface area contributed by atoms with Crippen LogP contribution < -0.4 is 0 Å². The summed E-state index contributed by atoms with van der Waals surface area (Å²) in [5.41, 5.74) is 0. The van der Waals surface area contributed by atoms with Gasteiger partial charge in [-0.3, -0.25) is 0 Å². The molecule has 0 fully saturated rings. The van der Waals surface area contributed by atoms with Gasteiger partial charge in [0.15, 0.2) is 0 Å². The molecular formula is C36H84O12S7Si4. The largest absolute Gasteiger partial charge is 0.500 e. The molecule has 59 heavy (non-hydrogen) atoms. The molecule has 0 bridgehead atoms. The van der Waals surface area contributed by atoms with Crippen molar-refractivity contribution in [3.05, 3.63) is 0 Å². The molecule has 0 atom stereocenters. The summed E-state index contributed by atoms with van der Waals surface area (Å²) in [6.07, 6.45) is 4.17. The van der Waals surface area contributed by atoms with Crippen LogP contribution in [0.2, 0.25) is 24.2 Å². The van der Waals surface area contributed by atoms with Crippen LogP contribution in [0.15, 0.2) is 0 Å². The number of hydrogen-bond acceptors (Lipinski definition) is 19. The lowest BCUT2D eigenvalue weighted by Crippen LogP contribution is -2.46. The maximum absolute atomic E-state index is 5.90. The molecule has 0 saturated heterocycles. The van der Waals surface area contributed by atoms with Crippen LogP contribution in [0, 0.1) is 0 Å². The van der Waals surface area contributed by atoms with E-state index in [0.29, 0.717) is 79.3 Å². The molecule has 0 spiro atoms. The monoisotopic (exact) mass is 1040 g/mol. The molecule has 0 N–H and O–H groups in total. The fourth-order valence-electron chi connectivity index (χ4n) is 5.60. The molecule has 23 heteroatoms. The molecule has 0 heterocycles. The maximum atomic E-state index is 5.90. The first kappa shape index (κ1) is 63.9. The van der Waals surface area contributed by atoms with Gasteiger partial charge < -0.3 is 53.1 Å². The van der Waals surface area contributed by atoms with Crippen molar-refractivity contribution in [3.63, 3.8) is 0 Å². The van der Waals surface area contributed by atoms with Crippen molar-refractivity contribution >= 4 is 108 Å². The van der Waals surface area contributed by atoms with Crippen molar-refractivity contribution in [2.45, 2.75) is 133 Å². The van der Waals surface area contributed by atoms with Crippen LogP contribution in [0.5, 0.6) is 0 Å². The van der Waals surface area contributed by atoms with Crippen molar-refractivity contribution in [1.82, 2.24) is 0 Å². The first-order valence-corrected chi connectivity index (χ1v) is 38.5. The van der Waals surface area contributed by atoms with Gasteiger partial charge in [-0.2, -0.15) is 0 Å². The lowest BCUT2D eigenvalue weighted by atomic mass is 10.6. The standard InChI is InChI=1S/C18H42O6S4Si2.C18H42O6S3Si2/c1-7-19-29(20-8-2,21-9-3)17-13-15-25-27-28-26-16-14-18-30(22-10-4,23-11-5)24-12-6;1-7-19-28(20-8-2,21-9-3)17-13-15-25-27-26-16-14-18-29(22-10-4,23-11-5)24-12-6/h7-18H2,1-6H3;7-18H2,1-6H3. The summed E-state index contributed by atoms with van der Waals surface area (Å²) in [6.45, 7) is 31.7. The summed E-state index contributed by atoms with van der Waals surface area (Å²) in [5, 5.41) is 0. The Kier molecular flexibility index (Phi) is 48.4. The summed E-state index contributed by atoms with van der Waals surface area (Å²) < 4.78 is 70.8. The first-order chi connectivity index (χ1) is 28.6. The van der Waals surface area contributed by atoms with E-state index in [4.69, 9.17) is 53.1 Å². The molecule has 0 aromatic carbocycles. The smallest absolute Gasteiger partial charge is 0.374 e. The summed E-state index contributed by atoms with van der Waals surface area (Å²) in [4.78, 5) is 0. The SMILES string of the molecule is CCO[Si](CCCSSSCCC[Si](OCC)(OCC)OCC)(OCC)OCC.CCO[Si](CCCSSSSCCC[Si](OCC)(OCC)OCC)(OCC)OCC. The van der Waals surface area contributed by atoms with E-state index >= 15 is 0 Å². The molecule has 0 rings (SSSR count). The quantitative estimate of drug-likeness (QED) is 0.0327. The molecule has 358 valence electrons. The Bertz CT molecular complexity index is 761. The molecule has 12 nitrogen and oxygen atoms in total.